The van der Waals surface area contributed by atoms with Crippen molar-refractivity contribution in [1.29, 1.82) is 0 Å². The standard InChI is InChI=1S/C17H26N2O4/c1-21-10-8-17(20)19-9-4-5-14(12-19)18-13-6-7-15(22-2)16(11-13)23-3/h6-7,11,14,18H,4-5,8-10,12H2,1-3H3/t14-/m0/s1. The first kappa shape index (κ1) is 17.4. The fourth-order valence-electron chi connectivity index (χ4n) is 2.83. The van der Waals surface area contributed by atoms with Crippen LogP contribution in [0.25, 0.3) is 0 Å². The molecule has 0 unspecified atom stereocenters. The predicted molar refractivity (Wildman–Crippen MR) is 89.3 cm³/mol. The van der Waals surface area contributed by atoms with Gasteiger partial charge in [0.1, 0.15) is 0 Å². The number of amides is 1. The van der Waals surface area contributed by atoms with Crippen LogP contribution in [0.3, 0.4) is 0 Å². The molecule has 0 aromatic heterocycles. The maximum Gasteiger partial charge on any atom is 0.224 e. The Balaban J connectivity index is 1.95. The molecule has 23 heavy (non-hydrogen) atoms. The van der Waals surface area contributed by atoms with Crippen molar-refractivity contribution >= 4 is 11.6 Å². The highest BCUT2D eigenvalue weighted by Crippen LogP contribution is 2.30. The summed E-state index contributed by atoms with van der Waals surface area (Å²) in [5.41, 5.74) is 0.971. The fraction of sp³-hybridized carbons (Fsp3) is 0.588. The van der Waals surface area contributed by atoms with Crippen LogP contribution in [0.1, 0.15) is 19.3 Å². The van der Waals surface area contributed by atoms with Gasteiger partial charge in [-0.3, -0.25) is 4.79 Å². The van der Waals surface area contributed by atoms with E-state index in [1.54, 1.807) is 21.3 Å². The quantitative estimate of drug-likeness (QED) is 0.833. The van der Waals surface area contributed by atoms with E-state index in [4.69, 9.17) is 14.2 Å². The van der Waals surface area contributed by atoms with E-state index in [1.165, 1.54) is 0 Å². The lowest BCUT2D eigenvalue weighted by molar-refractivity contribution is -0.133. The predicted octanol–water partition coefficient (Wildman–Crippen LogP) is 2.14. The number of nitrogens with zero attached hydrogens (tertiary/aromatic N) is 1. The minimum atomic E-state index is 0.158. The summed E-state index contributed by atoms with van der Waals surface area (Å²) in [6.45, 7) is 2.02. The highest BCUT2D eigenvalue weighted by atomic mass is 16.5. The zero-order valence-electron chi connectivity index (χ0n) is 14.1. The van der Waals surface area contributed by atoms with Gasteiger partial charge in [-0.1, -0.05) is 0 Å². The fourth-order valence-corrected chi connectivity index (χ4v) is 2.83. The highest BCUT2D eigenvalue weighted by Gasteiger charge is 2.23. The Morgan fingerprint density at radius 1 is 1.26 bits per heavy atom. The number of piperidine rings is 1. The van der Waals surface area contributed by atoms with Crippen LogP contribution in [0, 0.1) is 0 Å². The maximum absolute atomic E-state index is 12.1. The molecule has 1 aliphatic rings. The van der Waals surface area contributed by atoms with Crippen LogP contribution in [0.5, 0.6) is 11.5 Å². The van der Waals surface area contributed by atoms with Gasteiger partial charge in [0, 0.05) is 38.0 Å². The van der Waals surface area contributed by atoms with E-state index in [-0.39, 0.29) is 11.9 Å². The molecule has 1 N–H and O–H groups in total. The lowest BCUT2D eigenvalue weighted by Gasteiger charge is -2.34. The number of anilines is 1. The summed E-state index contributed by atoms with van der Waals surface area (Å²) >= 11 is 0. The van der Waals surface area contributed by atoms with Crippen molar-refractivity contribution in [1.82, 2.24) is 4.90 Å². The molecule has 2 rings (SSSR count). The van der Waals surface area contributed by atoms with Crippen LogP contribution in [-0.2, 0) is 9.53 Å². The van der Waals surface area contributed by atoms with E-state index in [0.717, 1.165) is 31.6 Å². The molecule has 0 aliphatic carbocycles. The third-order valence-electron chi connectivity index (χ3n) is 4.05. The van der Waals surface area contributed by atoms with Crippen molar-refractivity contribution in [2.75, 3.05) is 46.3 Å². The minimum Gasteiger partial charge on any atom is -0.493 e. The largest absolute Gasteiger partial charge is 0.493 e. The molecule has 0 saturated carbocycles. The Morgan fingerprint density at radius 2 is 2.04 bits per heavy atom. The SMILES string of the molecule is COCCC(=O)N1CCC[C@H](Nc2ccc(OC)c(OC)c2)C1. The Labute approximate surface area is 137 Å². The summed E-state index contributed by atoms with van der Waals surface area (Å²) in [4.78, 5) is 14.0. The summed E-state index contributed by atoms with van der Waals surface area (Å²) in [7, 11) is 4.86. The molecule has 128 valence electrons. The summed E-state index contributed by atoms with van der Waals surface area (Å²) in [6, 6.07) is 6.01. The zero-order valence-corrected chi connectivity index (χ0v) is 14.1. The lowest BCUT2D eigenvalue weighted by Crippen LogP contribution is -2.45. The second-order valence-corrected chi connectivity index (χ2v) is 5.64. The van der Waals surface area contributed by atoms with Gasteiger partial charge in [-0.05, 0) is 25.0 Å². The Bertz CT molecular complexity index is 521. The maximum atomic E-state index is 12.1. The number of benzene rings is 1. The molecule has 1 saturated heterocycles. The van der Waals surface area contributed by atoms with E-state index in [9.17, 15) is 4.79 Å². The molecule has 1 fully saturated rings. The van der Waals surface area contributed by atoms with E-state index in [0.29, 0.717) is 24.5 Å². The van der Waals surface area contributed by atoms with Crippen LogP contribution in [-0.4, -0.2) is 57.9 Å². The number of carbonyl (C=O) groups excluding carboxylic acids is 1. The second kappa shape index (κ2) is 8.62. The molecular weight excluding hydrogens is 296 g/mol. The summed E-state index contributed by atoms with van der Waals surface area (Å²) in [6.07, 6.45) is 2.49. The molecule has 0 radical (unpaired) electrons. The number of methoxy groups -OCH3 is 3. The first-order valence-electron chi connectivity index (χ1n) is 7.93. The normalized spacial score (nSPS) is 17.7. The van der Waals surface area contributed by atoms with Gasteiger partial charge in [-0.25, -0.2) is 0 Å². The molecule has 1 aromatic rings. The monoisotopic (exact) mass is 322 g/mol. The number of hydrogen-bond acceptors (Lipinski definition) is 5. The van der Waals surface area contributed by atoms with E-state index < -0.39 is 0 Å². The van der Waals surface area contributed by atoms with Gasteiger partial charge < -0.3 is 24.4 Å². The Morgan fingerprint density at radius 3 is 2.74 bits per heavy atom. The van der Waals surface area contributed by atoms with Crippen molar-refractivity contribution in [3.8, 4) is 11.5 Å². The van der Waals surface area contributed by atoms with Crippen molar-refractivity contribution in [3.63, 3.8) is 0 Å². The van der Waals surface area contributed by atoms with Gasteiger partial charge in [0.15, 0.2) is 11.5 Å². The molecule has 0 bridgehead atoms. The summed E-state index contributed by atoms with van der Waals surface area (Å²) < 4.78 is 15.6. The molecule has 6 nitrogen and oxygen atoms in total. The molecule has 0 spiro atoms. The molecule has 6 heteroatoms. The average molecular weight is 322 g/mol. The number of hydrogen-bond donors (Lipinski definition) is 1. The number of rotatable bonds is 7. The van der Waals surface area contributed by atoms with Gasteiger partial charge in [-0.15, -0.1) is 0 Å². The van der Waals surface area contributed by atoms with Crippen LogP contribution in [0.15, 0.2) is 18.2 Å². The molecule has 1 aliphatic heterocycles. The minimum absolute atomic E-state index is 0.158. The first-order valence-corrected chi connectivity index (χ1v) is 7.93. The zero-order chi connectivity index (χ0) is 16.7. The lowest BCUT2D eigenvalue weighted by atomic mass is 10.0. The number of likely N-dealkylation sites (tertiary alicyclic amines) is 1. The molecule has 1 heterocycles. The topological polar surface area (TPSA) is 60.0 Å². The van der Waals surface area contributed by atoms with Crippen molar-refractivity contribution in [2.45, 2.75) is 25.3 Å². The summed E-state index contributed by atoms with van der Waals surface area (Å²) in [5.74, 6) is 1.56. The van der Waals surface area contributed by atoms with E-state index >= 15 is 0 Å². The van der Waals surface area contributed by atoms with Gasteiger partial charge in [0.2, 0.25) is 5.91 Å². The third kappa shape index (κ3) is 4.76. The second-order valence-electron chi connectivity index (χ2n) is 5.64. The van der Waals surface area contributed by atoms with Crippen molar-refractivity contribution in [2.24, 2.45) is 0 Å². The molecule has 1 aromatic carbocycles. The van der Waals surface area contributed by atoms with Gasteiger partial charge >= 0.3 is 0 Å². The number of nitrogens with one attached hydrogen (secondary N) is 1. The van der Waals surface area contributed by atoms with Gasteiger partial charge in [0.05, 0.1) is 27.2 Å². The van der Waals surface area contributed by atoms with Crippen LogP contribution < -0.4 is 14.8 Å². The first-order chi connectivity index (χ1) is 11.2. The van der Waals surface area contributed by atoms with E-state index in [1.807, 2.05) is 23.1 Å². The highest BCUT2D eigenvalue weighted by molar-refractivity contribution is 5.76. The van der Waals surface area contributed by atoms with Gasteiger partial charge in [-0.2, -0.15) is 0 Å². The van der Waals surface area contributed by atoms with Crippen molar-refractivity contribution in [3.05, 3.63) is 18.2 Å². The Kier molecular flexibility index (Phi) is 6.52. The average Bonchev–Trinajstić information content (AvgIpc) is 2.59. The number of carbonyl (C=O) groups is 1. The molecule has 1 atom stereocenters. The summed E-state index contributed by atoms with van der Waals surface area (Å²) in [5, 5.41) is 3.49. The van der Waals surface area contributed by atoms with E-state index in [2.05, 4.69) is 5.32 Å². The molecule has 1 amide bonds. The number of ether oxygens (including phenoxy) is 3. The van der Waals surface area contributed by atoms with Crippen LogP contribution in [0.2, 0.25) is 0 Å². The Hall–Kier alpha value is -1.95. The van der Waals surface area contributed by atoms with Crippen molar-refractivity contribution < 1.29 is 19.0 Å². The van der Waals surface area contributed by atoms with Crippen LogP contribution >= 0.6 is 0 Å². The third-order valence-corrected chi connectivity index (χ3v) is 4.05. The van der Waals surface area contributed by atoms with Crippen LogP contribution in [0.4, 0.5) is 5.69 Å². The smallest absolute Gasteiger partial charge is 0.224 e. The van der Waals surface area contributed by atoms with Gasteiger partial charge in [0.25, 0.3) is 0 Å². The molecular formula is C17H26N2O4.